The first-order chi connectivity index (χ1) is 13.0. The SMILES string of the molecule is CCn1cc(-c2cc(-c3ccc(O)c(OC)c3)nc(N)c2C#N)cc1C#N. The minimum absolute atomic E-state index is 0.0155. The molecule has 0 aliphatic carbocycles. The van der Waals surface area contributed by atoms with Crippen molar-refractivity contribution in [3.8, 4) is 46.0 Å². The molecule has 1 aromatic carbocycles. The van der Waals surface area contributed by atoms with Gasteiger partial charge in [-0.25, -0.2) is 4.98 Å². The van der Waals surface area contributed by atoms with Crippen molar-refractivity contribution in [3.05, 3.63) is 47.8 Å². The Hall–Kier alpha value is -3.97. The molecule has 0 saturated carbocycles. The zero-order valence-electron chi connectivity index (χ0n) is 14.9. The second kappa shape index (κ2) is 7.11. The molecule has 7 nitrogen and oxygen atoms in total. The van der Waals surface area contributed by atoms with E-state index < -0.39 is 0 Å². The first-order valence-corrected chi connectivity index (χ1v) is 8.21. The van der Waals surface area contributed by atoms with E-state index in [0.717, 1.165) is 0 Å². The molecule has 2 aromatic heterocycles. The number of nitrogens with two attached hydrogens (primary N) is 1. The number of benzene rings is 1. The van der Waals surface area contributed by atoms with E-state index in [2.05, 4.69) is 17.1 Å². The van der Waals surface area contributed by atoms with Crippen molar-refractivity contribution in [2.75, 3.05) is 12.8 Å². The van der Waals surface area contributed by atoms with Crippen molar-refractivity contribution >= 4 is 5.82 Å². The summed E-state index contributed by atoms with van der Waals surface area (Å²) < 4.78 is 6.95. The van der Waals surface area contributed by atoms with Crippen LogP contribution >= 0.6 is 0 Å². The highest BCUT2D eigenvalue weighted by Crippen LogP contribution is 2.35. The second-order valence-corrected chi connectivity index (χ2v) is 5.83. The summed E-state index contributed by atoms with van der Waals surface area (Å²) in [5.74, 6) is 0.421. The summed E-state index contributed by atoms with van der Waals surface area (Å²) in [6.45, 7) is 2.57. The molecule has 134 valence electrons. The van der Waals surface area contributed by atoms with Gasteiger partial charge in [0.1, 0.15) is 29.2 Å². The normalized spacial score (nSPS) is 10.2. The molecule has 0 atom stereocenters. The average molecular weight is 359 g/mol. The summed E-state index contributed by atoms with van der Waals surface area (Å²) in [7, 11) is 1.46. The fourth-order valence-electron chi connectivity index (χ4n) is 2.91. The van der Waals surface area contributed by atoms with Gasteiger partial charge in [-0.1, -0.05) is 0 Å². The van der Waals surface area contributed by atoms with E-state index in [4.69, 9.17) is 10.5 Å². The van der Waals surface area contributed by atoms with Gasteiger partial charge in [-0.05, 0) is 37.3 Å². The lowest BCUT2D eigenvalue weighted by Gasteiger charge is -2.10. The molecule has 0 aliphatic rings. The van der Waals surface area contributed by atoms with Crippen LogP contribution < -0.4 is 10.5 Å². The van der Waals surface area contributed by atoms with Gasteiger partial charge >= 0.3 is 0 Å². The number of aromatic hydroxyl groups is 1. The van der Waals surface area contributed by atoms with Crippen LogP contribution in [0.3, 0.4) is 0 Å². The number of rotatable bonds is 4. The predicted octanol–water partition coefficient (Wildman–Crippen LogP) is 3.28. The maximum absolute atomic E-state index is 9.79. The third-order valence-corrected chi connectivity index (χ3v) is 4.30. The number of pyridine rings is 1. The summed E-state index contributed by atoms with van der Waals surface area (Å²) in [6, 6.07) is 12.5. The fourth-order valence-corrected chi connectivity index (χ4v) is 2.91. The minimum Gasteiger partial charge on any atom is -0.504 e. The summed E-state index contributed by atoms with van der Waals surface area (Å²) in [4.78, 5) is 4.32. The molecule has 3 N–H and O–H groups in total. The lowest BCUT2D eigenvalue weighted by Crippen LogP contribution is -2.00. The smallest absolute Gasteiger partial charge is 0.161 e. The topological polar surface area (TPSA) is 121 Å². The Labute approximate surface area is 156 Å². The van der Waals surface area contributed by atoms with Gasteiger partial charge in [0.15, 0.2) is 11.5 Å². The first-order valence-electron chi connectivity index (χ1n) is 8.21. The molecule has 0 saturated heterocycles. The van der Waals surface area contributed by atoms with Crippen LogP contribution in [0.5, 0.6) is 11.5 Å². The van der Waals surface area contributed by atoms with Crippen LogP contribution in [-0.4, -0.2) is 21.8 Å². The monoisotopic (exact) mass is 359 g/mol. The highest BCUT2D eigenvalue weighted by Gasteiger charge is 2.16. The quantitative estimate of drug-likeness (QED) is 0.737. The van der Waals surface area contributed by atoms with E-state index in [1.165, 1.54) is 13.2 Å². The average Bonchev–Trinajstić information content (AvgIpc) is 3.11. The van der Waals surface area contributed by atoms with Gasteiger partial charge in [0, 0.05) is 29.4 Å². The molecule has 27 heavy (non-hydrogen) atoms. The Morgan fingerprint density at radius 3 is 2.56 bits per heavy atom. The van der Waals surface area contributed by atoms with Crippen molar-refractivity contribution in [2.24, 2.45) is 0 Å². The number of aryl methyl sites for hydroxylation is 1. The van der Waals surface area contributed by atoms with E-state index in [9.17, 15) is 15.6 Å². The van der Waals surface area contributed by atoms with E-state index in [-0.39, 0.29) is 17.1 Å². The van der Waals surface area contributed by atoms with Gasteiger partial charge in [-0.2, -0.15) is 10.5 Å². The predicted molar refractivity (Wildman–Crippen MR) is 101 cm³/mol. The number of hydrogen-bond donors (Lipinski definition) is 2. The van der Waals surface area contributed by atoms with E-state index in [1.54, 1.807) is 28.8 Å². The van der Waals surface area contributed by atoms with Crippen LogP contribution in [0.1, 0.15) is 18.2 Å². The van der Waals surface area contributed by atoms with Crippen LogP contribution in [0.2, 0.25) is 0 Å². The van der Waals surface area contributed by atoms with Crippen LogP contribution in [0.15, 0.2) is 36.5 Å². The summed E-state index contributed by atoms with van der Waals surface area (Å²) in [6.07, 6.45) is 1.81. The summed E-state index contributed by atoms with van der Waals surface area (Å²) >= 11 is 0. The highest BCUT2D eigenvalue weighted by molar-refractivity contribution is 5.81. The van der Waals surface area contributed by atoms with E-state index >= 15 is 0 Å². The molecule has 0 fully saturated rings. The Morgan fingerprint density at radius 2 is 1.96 bits per heavy atom. The fraction of sp³-hybridized carbons (Fsp3) is 0.150. The standard InChI is InChI=1S/C20H17N5O2/c1-3-25-11-13(6-14(25)9-21)15-8-17(24-20(23)16(15)10-22)12-4-5-18(26)19(7-12)27-2/h4-8,11,26H,3H2,1-2H3,(H2,23,24). The van der Waals surface area contributed by atoms with Crippen molar-refractivity contribution in [1.29, 1.82) is 10.5 Å². The van der Waals surface area contributed by atoms with Crippen molar-refractivity contribution < 1.29 is 9.84 Å². The van der Waals surface area contributed by atoms with Gasteiger partial charge in [-0.15, -0.1) is 0 Å². The van der Waals surface area contributed by atoms with Gasteiger partial charge in [-0.3, -0.25) is 0 Å². The van der Waals surface area contributed by atoms with Crippen LogP contribution in [0.4, 0.5) is 5.82 Å². The molecule has 0 amide bonds. The van der Waals surface area contributed by atoms with E-state index in [1.807, 2.05) is 13.1 Å². The molecule has 0 bridgehead atoms. The number of nitriles is 2. The number of nitrogens with zero attached hydrogens (tertiary/aromatic N) is 4. The zero-order chi connectivity index (χ0) is 19.6. The van der Waals surface area contributed by atoms with Gasteiger partial charge in [0.25, 0.3) is 0 Å². The molecule has 2 heterocycles. The number of hydrogen-bond acceptors (Lipinski definition) is 6. The number of phenols is 1. The maximum Gasteiger partial charge on any atom is 0.161 e. The molecule has 0 radical (unpaired) electrons. The third kappa shape index (κ3) is 3.14. The lowest BCUT2D eigenvalue weighted by molar-refractivity contribution is 0.373. The van der Waals surface area contributed by atoms with Gasteiger partial charge < -0.3 is 20.1 Å². The number of phenolic OH excluding ortho intramolecular Hbond substituents is 1. The molecular weight excluding hydrogens is 342 g/mol. The number of ether oxygens (including phenoxy) is 1. The van der Waals surface area contributed by atoms with Crippen LogP contribution in [0, 0.1) is 22.7 Å². The van der Waals surface area contributed by atoms with Crippen LogP contribution in [0.25, 0.3) is 22.4 Å². The zero-order valence-corrected chi connectivity index (χ0v) is 14.9. The molecule has 0 spiro atoms. The second-order valence-electron chi connectivity index (χ2n) is 5.83. The van der Waals surface area contributed by atoms with Crippen molar-refractivity contribution in [3.63, 3.8) is 0 Å². The van der Waals surface area contributed by atoms with Crippen molar-refractivity contribution in [2.45, 2.75) is 13.5 Å². The number of nitrogen functional groups attached to an aromatic ring is 1. The maximum atomic E-state index is 9.79. The van der Waals surface area contributed by atoms with Gasteiger partial charge in [0.2, 0.25) is 0 Å². The molecule has 7 heteroatoms. The van der Waals surface area contributed by atoms with Gasteiger partial charge in [0.05, 0.1) is 12.8 Å². The molecule has 0 unspecified atom stereocenters. The highest BCUT2D eigenvalue weighted by atomic mass is 16.5. The number of anilines is 1. The minimum atomic E-state index is 0.0155. The summed E-state index contributed by atoms with van der Waals surface area (Å²) in [5, 5.41) is 28.6. The number of aromatic nitrogens is 2. The Balaban J connectivity index is 2.22. The number of methoxy groups -OCH3 is 1. The summed E-state index contributed by atoms with van der Waals surface area (Å²) in [5.41, 5.74) is 9.30. The molecular formula is C20H17N5O2. The molecule has 0 aliphatic heterocycles. The first kappa shape index (κ1) is 17.8. The molecule has 3 aromatic rings. The Morgan fingerprint density at radius 1 is 1.19 bits per heavy atom. The Bertz CT molecular complexity index is 1100. The van der Waals surface area contributed by atoms with Crippen molar-refractivity contribution in [1.82, 2.24) is 9.55 Å². The third-order valence-electron chi connectivity index (χ3n) is 4.30. The molecule has 3 rings (SSSR count). The lowest BCUT2D eigenvalue weighted by atomic mass is 10.00. The largest absolute Gasteiger partial charge is 0.504 e. The van der Waals surface area contributed by atoms with E-state index in [0.29, 0.717) is 40.4 Å². The Kier molecular flexibility index (Phi) is 4.69. The van der Waals surface area contributed by atoms with Crippen LogP contribution in [-0.2, 0) is 6.54 Å².